The van der Waals surface area contributed by atoms with Crippen LogP contribution in [0.4, 0.5) is 11.4 Å². The molecule has 8 bridgehead atoms. The van der Waals surface area contributed by atoms with Crippen molar-refractivity contribution in [3.8, 4) is 50.3 Å². The Hall–Kier alpha value is -8.21. The third-order valence-corrected chi connectivity index (χ3v) is 16.8. The molecule has 0 spiro atoms. The number of ether oxygens (including phenoxy) is 1. The van der Waals surface area contributed by atoms with E-state index in [9.17, 15) is 0 Å². The molecular weight excluding hydrogens is 975 g/mol. The average molecular weight is 1040 g/mol. The van der Waals surface area contributed by atoms with Crippen molar-refractivity contribution in [1.82, 2.24) is 29.7 Å². The highest BCUT2D eigenvalue weighted by Crippen LogP contribution is 2.48. The number of hydrogen-bond donors (Lipinski definition) is 2. The van der Waals surface area contributed by atoms with Crippen LogP contribution in [0.3, 0.4) is 0 Å². The number of nitrogens with zero attached hydrogens (tertiary/aromatic N) is 5. The molecule has 7 heterocycles. The molecule has 0 radical (unpaired) electrons. The maximum absolute atomic E-state index is 6.45. The lowest BCUT2D eigenvalue weighted by Crippen LogP contribution is -2.47. The van der Waals surface area contributed by atoms with Crippen LogP contribution in [0.1, 0.15) is 52.3 Å². The molecule has 386 valence electrons. The lowest BCUT2D eigenvalue weighted by atomic mass is 10.0. The zero-order valence-electron chi connectivity index (χ0n) is 44.6. The van der Waals surface area contributed by atoms with Gasteiger partial charge in [-0.1, -0.05) is 138 Å². The van der Waals surface area contributed by atoms with Gasteiger partial charge in [0.05, 0.1) is 40.8 Å². The van der Waals surface area contributed by atoms with E-state index < -0.39 is 0 Å². The lowest BCUT2D eigenvalue weighted by molar-refractivity contribution is 0.126. The zero-order valence-corrected chi connectivity index (χ0v) is 45.4. The minimum absolute atomic E-state index is 0.665. The van der Waals surface area contributed by atoms with Crippen LogP contribution in [0.15, 0.2) is 180 Å². The molecule has 1 fully saturated rings. The second kappa shape index (κ2) is 21.7. The summed E-state index contributed by atoms with van der Waals surface area (Å²) in [6.45, 7) is 14.6. The Morgan fingerprint density at radius 3 is 1.17 bits per heavy atom. The first kappa shape index (κ1) is 49.4. The van der Waals surface area contributed by atoms with E-state index in [0.717, 1.165) is 154 Å². The molecular formula is C69H63N7OS. The van der Waals surface area contributed by atoms with Gasteiger partial charge in [-0.3, -0.25) is 0 Å². The summed E-state index contributed by atoms with van der Waals surface area (Å²) in [6.07, 6.45) is 10.8. The molecule has 4 aliphatic heterocycles. The molecule has 4 aliphatic rings. The van der Waals surface area contributed by atoms with Crippen molar-refractivity contribution in [2.75, 3.05) is 57.3 Å². The topological polar surface area (TPSA) is 76.3 Å². The number of anilines is 2. The van der Waals surface area contributed by atoms with Crippen molar-refractivity contribution in [3.05, 3.63) is 209 Å². The number of benzene rings is 6. The van der Waals surface area contributed by atoms with Crippen molar-refractivity contribution in [2.45, 2.75) is 43.4 Å². The SMILES string of the molecule is Cc1ccc(-c2c3nc(c(-c4ccc(C)cc4)c4ccc([nH]4)c(-c4ccc(OCCCN5CCN(CCCN6c7ccccc7Sc7ccccc76)CC5)cc4)c4nc(c(-c5ccc(C)cc5)c5ccc2[nH]5)C=C4)C=C3)cc1. The monoisotopic (exact) mass is 1040 g/mol. The second-order valence-corrected chi connectivity index (χ2v) is 22.1. The van der Waals surface area contributed by atoms with Gasteiger partial charge in [0.1, 0.15) is 5.75 Å². The van der Waals surface area contributed by atoms with E-state index in [2.05, 4.69) is 240 Å². The quantitative estimate of drug-likeness (QED) is 0.111. The smallest absolute Gasteiger partial charge is 0.119 e. The number of aromatic amines is 2. The van der Waals surface area contributed by atoms with Crippen LogP contribution in [-0.4, -0.2) is 82.2 Å². The maximum atomic E-state index is 6.45. The van der Waals surface area contributed by atoms with Gasteiger partial charge < -0.3 is 29.4 Å². The number of rotatable bonds is 13. The van der Waals surface area contributed by atoms with Gasteiger partial charge in [-0.15, -0.1) is 0 Å². The normalized spacial score (nSPS) is 14.2. The second-order valence-electron chi connectivity index (χ2n) is 21.1. The highest BCUT2D eigenvalue weighted by molar-refractivity contribution is 7.99. The Balaban J connectivity index is 0.771. The van der Waals surface area contributed by atoms with E-state index in [-0.39, 0.29) is 0 Å². The Labute approximate surface area is 461 Å². The van der Waals surface area contributed by atoms with Crippen LogP contribution in [0.2, 0.25) is 0 Å². The fraction of sp³-hybridized carbons (Fsp3) is 0.188. The van der Waals surface area contributed by atoms with Crippen LogP contribution in [-0.2, 0) is 0 Å². The zero-order chi connectivity index (χ0) is 52.5. The standard InChI is InChI=1S/C69H63N7OS/c1-46-14-20-49(21-15-46)66-54-30-32-56(70-54)67(50-22-16-47(2)17-23-50)58-34-36-60(72-58)69(61-37-35-59(73-61)68(57-33-31-55(66)71-57)51-24-18-48(3)19-25-51)52-26-28-53(29-27-52)77-45-9-39-75-43-41-74(42-44-75)38-8-40-76-62-10-4-6-12-64(62)78-65-13-7-5-11-63(65)76/h4-7,10-37,70,73H,8-9,38-45H2,1-3H3. The fourth-order valence-corrected chi connectivity index (χ4v) is 12.6. The highest BCUT2D eigenvalue weighted by Gasteiger charge is 2.24. The van der Waals surface area contributed by atoms with Crippen molar-refractivity contribution < 1.29 is 4.74 Å². The van der Waals surface area contributed by atoms with Gasteiger partial charge >= 0.3 is 0 Å². The predicted molar refractivity (Wildman–Crippen MR) is 326 cm³/mol. The molecule has 1 saturated heterocycles. The van der Waals surface area contributed by atoms with E-state index in [1.165, 1.54) is 37.9 Å². The molecule has 9 heteroatoms. The molecule has 0 amide bonds. The van der Waals surface area contributed by atoms with Gasteiger partial charge in [-0.25, -0.2) is 9.97 Å². The van der Waals surface area contributed by atoms with E-state index >= 15 is 0 Å². The molecule has 2 N–H and O–H groups in total. The van der Waals surface area contributed by atoms with Gasteiger partial charge in [-0.05, 0) is 147 Å². The summed E-state index contributed by atoms with van der Waals surface area (Å²) in [4.78, 5) is 29.3. The van der Waals surface area contributed by atoms with Gasteiger partial charge in [0.25, 0.3) is 0 Å². The van der Waals surface area contributed by atoms with E-state index in [1.54, 1.807) is 0 Å². The van der Waals surface area contributed by atoms with Gasteiger partial charge in [0.2, 0.25) is 0 Å². The molecule has 6 aromatic carbocycles. The first-order valence-corrected chi connectivity index (χ1v) is 28.4. The number of aromatic nitrogens is 4. The highest BCUT2D eigenvalue weighted by atomic mass is 32.2. The van der Waals surface area contributed by atoms with E-state index in [0.29, 0.717) is 6.61 Å². The van der Waals surface area contributed by atoms with Crippen LogP contribution >= 0.6 is 11.8 Å². The van der Waals surface area contributed by atoms with Crippen molar-refractivity contribution in [2.24, 2.45) is 0 Å². The number of nitrogens with one attached hydrogen (secondary N) is 2. The van der Waals surface area contributed by atoms with Gasteiger partial charge in [-0.2, -0.15) is 0 Å². The molecule has 0 aliphatic carbocycles. The van der Waals surface area contributed by atoms with Gasteiger partial charge in [0, 0.05) is 93.4 Å². The molecule has 0 unspecified atom stereocenters. The Bertz CT molecular complexity index is 3810. The number of fused-ring (bicyclic) bond motifs is 10. The van der Waals surface area contributed by atoms with Crippen LogP contribution in [0.5, 0.6) is 5.75 Å². The Morgan fingerprint density at radius 1 is 0.410 bits per heavy atom. The number of piperazine rings is 1. The van der Waals surface area contributed by atoms with Crippen molar-refractivity contribution >= 4 is 69.5 Å². The third kappa shape index (κ3) is 10.1. The average Bonchev–Trinajstić information content (AvgIpc) is 4.37. The first-order valence-electron chi connectivity index (χ1n) is 27.5. The van der Waals surface area contributed by atoms with Crippen molar-refractivity contribution in [3.63, 3.8) is 0 Å². The Morgan fingerprint density at radius 2 is 0.769 bits per heavy atom. The summed E-state index contributed by atoms with van der Waals surface area (Å²) in [5, 5.41) is 0. The van der Waals surface area contributed by atoms with Crippen LogP contribution < -0.4 is 9.64 Å². The number of hydrogen-bond acceptors (Lipinski definition) is 7. The summed E-state index contributed by atoms with van der Waals surface area (Å²) in [5.41, 5.74) is 22.2. The number of H-pyrrole nitrogens is 2. The minimum Gasteiger partial charge on any atom is -0.494 e. The van der Waals surface area contributed by atoms with E-state index in [1.807, 2.05) is 11.8 Å². The largest absolute Gasteiger partial charge is 0.494 e. The summed E-state index contributed by atoms with van der Waals surface area (Å²) in [6, 6.07) is 61.3. The fourth-order valence-electron chi connectivity index (χ4n) is 11.5. The third-order valence-electron chi connectivity index (χ3n) is 15.7. The van der Waals surface area contributed by atoms with Crippen LogP contribution in [0.25, 0.3) is 90.9 Å². The van der Waals surface area contributed by atoms with Gasteiger partial charge in [0.15, 0.2) is 0 Å². The summed E-state index contributed by atoms with van der Waals surface area (Å²) >= 11 is 1.88. The van der Waals surface area contributed by atoms with Crippen molar-refractivity contribution in [1.29, 1.82) is 0 Å². The molecule has 78 heavy (non-hydrogen) atoms. The molecule has 3 aromatic heterocycles. The maximum Gasteiger partial charge on any atom is 0.119 e. The predicted octanol–water partition coefficient (Wildman–Crippen LogP) is 16.3. The minimum atomic E-state index is 0.665. The summed E-state index contributed by atoms with van der Waals surface area (Å²) in [7, 11) is 0. The summed E-state index contributed by atoms with van der Waals surface area (Å²) < 4.78 is 6.45. The molecule has 0 atom stereocenters. The number of aryl methyl sites for hydroxylation is 3. The Kier molecular flexibility index (Phi) is 13.7. The first-order chi connectivity index (χ1) is 38.3. The number of para-hydroxylation sites is 2. The summed E-state index contributed by atoms with van der Waals surface area (Å²) in [5.74, 6) is 0.866. The van der Waals surface area contributed by atoms with E-state index in [4.69, 9.17) is 14.7 Å². The molecule has 13 rings (SSSR count). The molecule has 0 saturated carbocycles. The van der Waals surface area contributed by atoms with Crippen LogP contribution in [0, 0.1) is 20.8 Å². The molecule has 8 nitrogen and oxygen atoms in total. The lowest BCUT2D eigenvalue weighted by Gasteiger charge is -2.36. The molecule has 9 aromatic rings.